The van der Waals surface area contributed by atoms with Crippen LogP contribution in [0.3, 0.4) is 0 Å². The molecule has 0 spiro atoms. The van der Waals surface area contributed by atoms with E-state index in [0.717, 1.165) is 31.4 Å². The molecule has 0 saturated heterocycles. The molecule has 0 bridgehead atoms. The number of nitrogens with zero attached hydrogens (tertiary/aromatic N) is 1. The van der Waals surface area contributed by atoms with Crippen LogP contribution in [0, 0.1) is 6.92 Å². The number of amides is 1. The molecule has 0 unspecified atom stereocenters. The molecule has 3 N–H and O–H groups in total. The maximum atomic E-state index is 11.8. The van der Waals surface area contributed by atoms with Gasteiger partial charge in [-0.25, -0.2) is 0 Å². The highest BCUT2D eigenvalue weighted by Gasteiger charge is 2.29. The van der Waals surface area contributed by atoms with Gasteiger partial charge in [0.1, 0.15) is 0 Å². The molecule has 1 fully saturated rings. The van der Waals surface area contributed by atoms with Crippen molar-refractivity contribution in [3.63, 3.8) is 0 Å². The van der Waals surface area contributed by atoms with Crippen molar-refractivity contribution >= 4 is 5.91 Å². The molecule has 1 aliphatic carbocycles. The molecular weight excluding hydrogens is 218 g/mol. The van der Waals surface area contributed by atoms with Crippen LogP contribution in [0.2, 0.25) is 0 Å². The first-order valence-corrected chi connectivity index (χ1v) is 6.11. The van der Waals surface area contributed by atoms with E-state index in [-0.39, 0.29) is 5.91 Å². The fraction of sp³-hybridized carbons (Fsp3) is 0.667. The molecule has 1 saturated carbocycles. The van der Waals surface area contributed by atoms with Crippen molar-refractivity contribution in [2.75, 3.05) is 6.54 Å². The minimum atomic E-state index is -0.717. The molecule has 1 aliphatic rings. The maximum absolute atomic E-state index is 11.8. The summed E-state index contributed by atoms with van der Waals surface area (Å²) in [6.45, 7) is 2.13. The lowest BCUT2D eigenvalue weighted by atomic mass is 9.85. The van der Waals surface area contributed by atoms with Gasteiger partial charge in [0.2, 0.25) is 0 Å². The summed E-state index contributed by atoms with van der Waals surface area (Å²) in [5, 5.41) is 19.6. The predicted molar refractivity (Wildman–Crippen MR) is 63.7 cm³/mol. The Hall–Kier alpha value is -1.36. The lowest BCUT2D eigenvalue weighted by Crippen LogP contribution is -2.44. The van der Waals surface area contributed by atoms with Crippen LogP contribution in [0.5, 0.6) is 0 Å². The van der Waals surface area contributed by atoms with Gasteiger partial charge in [0.15, 0.2) is 0 Å². The molecule has 94 valence electrons. The number of hydrogen-bond donors (Lipinski definition) is 3. The first-order valence-electron chi connectivity index (χ1n) is 6.11. The van der Waals surface area contributed by atoms with Gasteiger partial charge in [-0.05, 0) is 19.8 Å². The topological polar surface area (TPSA) is 78.0 Å². The SMILES string of the molecule is Cc1[nH]ncc1C(=O)NCC1(O)CCCCC1. The zero-order chi connectivity index (χ0) is 12.3. The van der Waals surface area contributed by atoms with Crippen molar-refractivity contribution in [1.82, 2.24) is 15.5 Å². The maximum Gasteiger partial charge on any atom is 0.254 e. The predicted octanol–water partition coefficient (Wildman–Crippen LogP) is 1.14. The number of aromatic nitrogens is 2. The first kappa shape index (κ1) is 12.1. The summed E-state index contributed by atoms with van der Waals surface area (Å²) in [4.78, 5) is 11.8. The van der Waals surface area contributed by atoms with Crippen molar-refractivity contribution in [2.45, 2.75) is 44.6 Å². The van der Waals surface area contributed by atoms with E-state index in [1.165, 1.54) is 12.6 Å². The molecule has 5 nitrogen and oxygen atoms in total. The fourth-order valence-corrected chi connectivity index (χ4v) is 2.31. The number of carbonyl (C=O) groups is 1. The Labute approximate surface area is 101 Å². The number of nitrogens with one attached hydrogen (secondary N) is 2. The zero-order valence-corrected chi connectivity index (χ0v) is 10.1. The number of aromatic amines is 1. The van der Waals surface area contributed by atoms with Gasteiger partial charge in [0, 0.05) is 12.2 Å². The summed E-state index contributed by atoms with van der Waals surface area (Å²) < 4.78 is 0. The van der Waals surface area contributed by atoms with Gasteiger partial charge in [-0.1, -0.05) is 19.3 Å². The third-order valence-corrected chi connectivity index (χ3v) is 3.44. The van der Waals surface area contributed by atoms with Crippen LogP contribution >= 0.6 is 0 Å². The first-order chi connectivity index (χ1) is 8.11. The van der Waals surface area contributed by atoms with Crippen molar-refractivity contribution in [3.05, 3.63) is 17.5 Å². The Balaban J connectivity index is 1.90. The average molecular weight is 237 g/mol. The van der Waals surface area contributed by atoms with E-state index >= 15 is 0 Å². The molecule has 0 aliphatic heterocycles. The van der Waals surface area contributed by atoms with E-state index in [4.69, 9.17) is 0 Å². The number of carbonyl (C=O) groups excluding carboxylic acids is 1. The van der Waals surface area contributed by atoms with Crippen LogP contribution in [-0.4, -0.2) is 33.4 Å². The van der Waals surface area contributed by atoms with E-state index in [9.17, 15) is 9.90 Å². The van der Waals surface area contributed by atoms with Crippen LogP contribution in [0.4, 0.5) is 0 Å². The number of H-pyrrole nitrogens is 1. The highest BCUT2D eigenvalue weighted by atomic mass is 16.3. The smallest absolute Gasteiger partial charge is 0.254 e. The zero-order valence-electron chi connectivity index (χ0n) is 10.1. The van der Waals surface area contributed by atoms with Crippen molar-refractivity contribution < 1.29 is 9.90 Å². The average Bonchev–Trinajstić information content (AvgIpc) is 2.74. The molecule has 0 radical (unpaired) electrons. The fourth-order valence-electron chi connectivity index (χ4n) is 2.31. The molecule has 1 aromatic rings. The van der Waals surface area contributed by atoms with Gasteiger partial charge in [-0.2, -0.15) is 5.10 Å². The second kappa shape index (κ2) is 4.87. The molecule has 17 heavy (non-hydrogen) atoms. The molecule has 5 heteroatoms. The number of aliphatic hydroxyl groups is 1. The van der Waals surface area contributed by atoms with Crippen molar-refractivity contribution in [1.29, 1.82) is 0 Å². The van der Waals surface area contributed by atoms with E-state index in [2.05, 4.69) is 15.5 Å². The van der Waals surface area contributed by atoms with Gasteiger partial charge < -0.3 is 10.4 Å². The minimum Gasteiger partial charge on any atom is -0.388 e. The summed E-state index contributed by atoms with van der Waals surface area (Å²) in [7, 11) is 0. The Morgan fingerprint density at radius 1 is 1.53 bits per heavy atom. The lowest BCUT2D eigenvalue weighted by molar-refractivity contribution is 0.00525. The van der Waals surface area contributed by atoms with E-state index < -0.39 is 5.60 Å². The summed E-state index contributed by atoms with van der Waals surface area (Å²) in [5.74, 6) is -0.171. The number of hydrogen-bond acceptors (Lipinski definition) is 3. The lowest BCUT2D eigenvalue weighted by Gasteiger charge is -2.32. The number of aryl methyl sites for hydroxylation is 1. The van der Waals surface area contributed by atoms with Crippen LogP contribution in [0.25, 0.3) is 0 Å². The minimum absolute atomic E-state index is 0.171. The highest BCUT2D eigenvalue weighted by molar-refractivity contribution is 5.94. The van der Waals surface area contributed by atoms with Crippen molar-refractivity contribution in [2.24, 2.45) is 0 Å². The van der Waals surface area contributed by atoms with Crippen LogP contribution < -0.4 is 5.32 Å². The van der Waals surface area contributed by atoms with Gasteiger partial charge in [-0.15, -0.1) is 0 Å². The van der Waals surface area contributed by atoms with Gasteiger partial charge in [0.05, 0.1) is 17.4 Å². The van der Waals surface area contributed by atoms with Crippen LogP contribution in [0.1, 0.15) is 48.2 Å². The molecule has 0 aromatic carbocycles. The normalized spacial score (nSPS) is 18.9. The monoisotopic (exact) mass is 237 g/mol. The second-order valence-corrected chi connectivity index (χ2v) is 4.88. The van der Waals surface area contributed by atoms with E-state index in [1.807, 2.05) is 0 Å². The highest BCUT2D eigenvalue weighted by Crippen LogP contribution is 2.27. The summed E-state index contributed by atoms with van der Waals surface area (Å²) in [6.07, 6.45) is 6.32. The molecule has 1 amide bonds. The third-order valence-electron chi connectivity index (χ3n) is 3.44. The largest absolute Gasteiger partial charge is 0.388 e. The van der Waals surface area contributed by atoms with Crippen LogP contribution in [0.15, 0.2) is 6.20 Å². The quantitative estimate of drug-likeness (QED) is 0.737. The van der Waals surface area contributed by atoms with Crippen LogP contribution in [-0.2, 0) is 0 Å². The summed E-state index contributed by atoms with van der Waals surface area (Å²) in [6, 6.07) is 0. The van der Waals surface area contributed by atoms with E-state index in [0.29, 0.717) is 12.1 Å². The third kappa shape index (κ3) is 2.85. The van der Waals surface area contributed by atoms with Gasteiger partial charge in [-0.3, -0.25) is 9.89 Å². The Bertz CT molecular complexity index is 394. The molecular formula is C12H19N3O2. The Morgan fingerprint density at radius 3 is 2.82 bits per heavy atom. The number of rotatable bonds is 3. The second-order valence-electron chi connectivity index (χ2n) is 4.88. The van der Waals surface area contributed by atoms with Gasteiger partial charge >= 0.3 is 0 Å². The summed E-state index contributed by atoms with van der Waals surface area (Å²) in [5.41, 5.74) is 0.577. The Morgan fingerprint density at radius 2 is 2.24 bits per heavy atom. The van der Waals surface area contributed by atoms with Crippen molar-refractivity contribution in [3.8, 4) is 0 Å². The molecule has 1 aromatic heterocycles. The molecule has 0 atom stereocenters. The molecule has 1 heterocycles. The molecule has 2 rings (SSSR count). The Kier molecular flexibility index (Phi) is 3.47. The summed E-state index contributed by atoms with van der Waals surface area (Å²) >= 11 is 0. The van der Waals surface area contributed by atoms with Gasteiger partial charge in [0.25, 0.3) is 5.91 Å². The van der Waals surface area contributed by atoms with E-state index in [1.54, 1.807) is 6.92 Å². The standard InChI is InChI=1S/C12H19N3O2/c1-9-10(7-14-15-9)11(16)13-8-12(17)5-3-2-4-6-12/h7,17H,2-6,8H2,1H3,(H,13,16)(H,14,15).